The number of nitrogens with two attached hydrogens (primary N) is 2. The zero-order valence-corrected chi connectivity index (χ0v) is 22.8. The van der Waals surface area contributed by atoms with Gasteiger partial charge in [0.2, 0.25) is 0 Å². The SMILES string of the molecule is CCCC(N)CCOc1cc2c(cc1S(=O)(=O)O)-c1cc(S(=O)(=O)O)c(OCCC(N)CCC)cc1C2. The molecule has 206 valence electrons. The Labute approximate surface area is 218 Å². The Morgan fingerprint density at radius 3 is 1.43 bits per heavy atom. The van der Waals surface area contributed by atoms with Gasteiger partial charge in [0.05, 0.1) is 13.2 Å². The number of ether oxygens (including phenoxy) is 2. The maximum Gasteiger partial charge on any atom is 0.298 e. The molecular weight excluding hydrogens is 520 g/mol. The topological polar surface area (TPSA) is 179 Å². The van der Waals surface area contributed by atoms with Crippen molar-refractivity contribution < 1.29 is 35.4 Å². The second-order valence-electron chi connectivity index (χ2n) is 9.41. The van der Waals surface area contributed by atoms with Crippen LogP contribution in [0.2, 0.25) is 0 Å². The summed E-state index contributed by atoms with van der Waals surface area (Å²) in [5.74, 6) is -0.0108. The van der Waals surface area contributed by atoms with Crippen molar-refractivity contribution in [1.82, 2.24) is 0 Å². The van der Waals surface area contributed by atoms with E-state index in [9.17, 15) is 25.9 Å². The highest BCUT2D eigenvalue weighted by Gasteiger charge is 2.29. The molecule has 0 aliphatic heterocycles. The number of fused-ring (bicyclic) bond motifs is 3. The predicted octanol–water partition coefficient (Wildman–Crippen LogP) is 3.54. The fraction of sp³-hybridized carbons (Fsp3) is 0.520. The molecule has 37 heavy (non-hydrogen) atoms. The first-order chi connectivity index (χ1) is 17.3. The fourth-order valence-electron chi connectivity index (χ4n) is 4.50. The molecule has 1 aliphatic carbocycles. The second kappa shape index (κ2) is 12.1. The van der Waals surface area contributed by atoms with Gasteiger partial charge in [0.25, 0.3) is 20.2 Å². The van der Waals surface area contributed by atoms with Gasteiger partial charge in [0.15, 0.2) is 0 Å². The Hall–Kier alpha value is -2.22. The van der Waals surface area contributed by atoms with Crippen molar-refractivity contribution in [2.45, 2.75) is 80.7 Å². The summed E-state index contributed by atoms with van der Waals surface area (Å²) in [5, 5.41) is 0. The van der Waals surface area contributed by atoms with Crippen LogP contribution in [0.1, 0.15) is 63.5 Å². The van der Waals surface area contributed by atoms with Gasteiger partial charge in [0.1, 0.15) is 21.3 Å². The van der Waals surface area contributed by atoms with Gasteiger partial charge in [-0.15, -0.1) is 0 Å². The molecule has 0 bridgehead atoms. The minimum atomic E-state index is -4.65. The van der Waals surface area contributed by atoms with Crippen molar-refractivity contribution in [2.24, 2.45) is 11.5 Å². The molecular formula is C25H36N2O8S2. The van der Waals surface area contributed by atoms with Crippen LogP contribution in [0.5, 0.6) is 11.5 Å². The van der Waals surface area contributed by atoms with Gasteiger partial charge in [0, 0.05) is 12.1 Å². The summed E-state index contributed by atoms with van der Waals surface area (Å²) >= 11 is 0. The molecule has 2 atom stereocenters. The van der Waals surface area contributed by atoms with Gasteiger partial charge in [-0.1, -0.05) is 26.7 Å². The third-order valence-corrected chi connectivity index (χ3v) is 8.13. The maximum atomic E-state index is 12.1. The highest BCUT2D eigenvalue weighted by atomic mass is 32.2. The van der Waals surface area contributed by atoms with E-state index in [1.807, 2.05) is 13.8 Å². The Bertz CT molecular complexity index is 1230. The Morgan fingerprint density at radius 2 is 1.11 bits per heavy atom. The van der Waals surface area contributed by atoms with E-state index in [0.29, 0.717) is 41.5 Å². The molecule has 0 spiro atoms. The lowest BCUT2D eigenvalue weighted by atomic mass is 10.1. The molecule has 0 saturated carbocycles. The van der Waals surface area contributed by atoms with E-state index in [-0.39, 0.29) is 36.8 Å². The molecule has 1 aliphatic rings. The van der Waals surface area contributed by atoms with Crippen molar-refractivity contribution in [3.8, 4) is 22.6 Å². The zero-order valence-electron chi connectivity index (χ0n) is 21.1. The second-order valence-corrected chi connectivity index (χ2v) is 12.2. The first-order valence-corrected chi connectivity index (χ1v) is 15.3. The van der Waals surface area contributed by atoms with Crippen LogP contribution in [0.4, 0.5) is 0 Å². The predicted molar refractivity (Wildman–Crippen MR) is 140 cm³/mol. The Kier molecular flexibility index (Phi) is 9.59. The van der Waals surface area contributed by atoms with Crippen molar-refractivity contribution in [3.05, 3.63) is 35.4 Å². The van der Waals surface area contributed by atoms with Crippen molar-refractivity contribution >= 4 is 20.2 Å². The molecule has 0 aromatic heterocycles. The highest BCUT2D eigenvalue weighted by molar-refractivity contribution is 7.86. The maximum absolute atomic E-state index is 12.1. The summed E-state index contributed by atoms with van der Waals surface area (Å²) < 4.78 is 79.7. The summed E-state index contributed by atoms with van der Waals surface area (Å²) in [7, 11) is -9.30. The smallest absolute Gasteiger partial charge is 0.298 e. The van der Waals surface area contributed by atoms with Crippen LogP contribution in [0.25, 0.3) is 11.1 Å². The third kappa shape index (κ3) is 7.43. The molecule has 10 nitrogen and oxygen atoms in total. The minimum absolute atomic E-state index is 0.00542. The van der Waals surface area contributed by atoms with Crippen LogP contribution in [0.3, 0.4) is 0 Å². The number of benzene rings is 2. The van der Waals surface area contributed by atoms with E-state index >= 15 is 0 Å². The molecule has 6 N–H and O–H groups in total. The molecule has 0 fully saturated rings. The van der Waals surface area contributed by atoms with Crippen LogP contribution < -0.4 is 20.9 Å². The number of hydrogen-bond donors (Lipinski definition) is 4. The van der Waals surface area contributed by atoms with Crippen molar-refractivity contribution in [1.29, 1.82) is 0 Å². The number of hydrogen-bond acceptors (Lipinski definition) is 8. The lowest BCUT2D eigenvalue weighted by Crippen LogP contribution is -2.22. The van der Waals surface area contributed by atoms with Crippen LogP contribution in [-0.2, 0) is 26.7 Å². The van der Waals surface area contributed by atoms with E-state index in [1.165, 1.54) is 24.3 Å². The molecule has 2 unspecified atom stereocenters. The monoisotopic (exact) mass is 556 g/mol. The summed E-state index contributed by atoms with van der Waals surface area (Å²) in [6.45, 7) is 4.36. The van der Waals surface area contributed by atoms with Crippen LogP contribution in [0.15, 0.2) is 34.1 Å². The fourth-order valence-corrected chi connectivity index (χ4v) is 5.78. The first kappa shape index (κ1) is 29.3. The highest BCUT2D eigenvalue weighted by Crippen LogP contribution is 2.44. The standard InChI is InChI=1S/C25H36N2O8S2/c1-3-5-18(26)7-9-34-22-12-16-11-17-13-23(35-10-8-19(27)6-4-2)25(37(31,32)33)15-21(17)20(16)14-24(22)36(28,29)30/h12-15,18-19H,3-11,26-27H2,1-2H3,(H,28,29,30)(H,31,32,33). The lowest BCUT2D eigenvalue weighted by Gasteiger charge is -2.15. The van der Waals surface area contributed by atoms with E-state index < -0.39 is 30.0 Å². The summed E-state index contributed by atoms with van der Waals surface area (Å²) in [6, 6.07) is 5.40. The Morgan fingerprint density at radius 1 is 0.730 bits per heavy atom. The number of rotatable bonds is 14. The van der Waals surface area contributed by atoms with Crippen molar-refractivity contribution in [2.75, 3.05) is 13.2 Å². The first-order valence-electron chi connectivity index (χ1n) is 12.4. The van der Waals surface area contributed by atoms with E-state index in [1.54, 1.807) is 0 Å². The van der Waals surface area contributed by atoms with E-state index in [4.69, 9.17) is 20.9 Å². The summed E-state index contributed by atoms with van der Waals surface area (Å²) in [4.78, 5) is -0.858. The van der Waals surface area contributed by atoms with Crippen LogP contribution in [-0.4, -0.2) is 51.2 Å². The quantitative estimate of drug-likeness (QED) is 0.215. The normalized spacial score (nSPS) is 14.6. The van der Waals surface area contributed by atoms with Gasteiger partial charge in [-0.25, -0.2) is 0 Å². The molecule has 0 amide bonds. The molecule has 0 saturated heterocycles. The van der Waals surface area contributed by atoms with E-state index in [2.05, 4.69) is 0 Å². The minimum Gasteiger partial charge on any atom is -0.492 e. The van der Waals surface area contributed by atoms with Gasteiger partial charge in [-0.3, -0.25) is 9.11 Å². The van der Waals surface area contributed by atoms with Gasteiger partial charge >= 0.3 is 0 Å². The van der Waals surface area contributed by atoms with Crippen LogP contribution in [0, 0.1) is 0 Å². The molecule has 3 rings (SSSR count). The average Bonchev–Trinajstić information content (AvgIpc) is 3.13. The molecule has 0 radical (unpaired) electrons. The van der Waals surface area contributed by atoms with Gasteiger partial charge in [-0.2, -0.15) is 16.8 Å². The molecule has 2 aromatic rings. The lowest BCUT2D eigenvalue weighted by molar-refractivity contribution is 0.286. The van der Waals surface area contributed by atoms with Crippen LogP contribution >= 0.6 is 0 Å². The van der Waals surface area contributed by atoms with E-state index in [0.717, 1.165) is 25.7 Å². The average molecular weight is 557 g/mol. The molecule has 2 aromatic carbocycles. The Balaban J connectivity index is 1.95. The van der Waals surface area contributed by atoms with Gasteiger partial charge in [-0.05, 0) is 78.6 Å². The molecule has 12 heteroatoms. The van der Waals surface area contributed by atoms with Crippen molar-refractivity contribution in [3.63, 3.8) is 0 Å². The largest absolute Gasteiger partial charge is 0.492 e. The zero-order chi connectivity index (χ0) is 27.4. The summed E-state index contributed by atoms with van der Waals surface area (Å²) in [5.41, 5.74) is 14.2. The molecule has 0 heterocycles. The van der Waals surface area contributed by atoms with Gasteiger partial charge < -0.3 is 20.9 Å². The third-order valence-electron chi connectivity index (χ3n) is 6.38. The summed E-state index contributed by atoms with van der Waals surface area (Å²) in [6.07, 6.45) is 4.80.